The van der Waals surface area contributed by atoms with E-state index >= 15 is 0 Å². The molecule has 108 valence electrons. The normalized spacial score (nSPS) is 26.1. The second-order valence-electron chi connectivity index (χ2n) is 6.26. The highest BCUT2D eigenvalue weighted by molar-refractivity contribution is 14.1. The summed E-state index contributed by atoms with van der Waals surface area (Å²) in [5.74, 6) is 0.373. The number of rotatable bonds is 2. The Labute approximate surface area is 135 Å². The van der Waals surface area contributed by atoms with Crippen molar-refractivity contribution in [3.05, 3.63) is 38.9 Å². The van der Waals surface area contributed by atoms with E-state index in [2.05, 4.69) is 39.6 Å². The van der Waals surface area contributed by atoms with Crippen LogP contribution in [0.2, 0.25) is 0 Å². The third-order valence-corrected chi connectivity index (χ3v) is 5.45. The first-order chi connectivity index (χ1) is 9.98. The van der Waals surface area contributed by atoms with Crippen molar-refractivity contribution >= 4 is 28.6 Å². The van der Waals surface area contributed by atoms with Gasteiger partial charge in [-0.05, 0) is 65.3 Å². The molecule has 2 aromatic rings. The lowest BCUT2D eigenvalue weighted by molar-refractivity contribution is 0.0688. The van der Waals surface area contributed by atoms with Gasteiger partial charge in [0.15, 0.2) is 11.5 Å². The Morgan fingerprint density at radius 3 is 3.10 bits per heavy atom. The molecule has 2 atom stereocenters. The maximum Gasteiger partial charge on any atom is 0.356 e. The van der Waals surface area contributed by atoms with Gasteiger partial charge in [-0.3, -0.25) is 0 Å². The molecular formula is C15H14IN3O2. The summed E-state index contributed by atoms with van der Waals surface area (Å²) < 4.78 is 2.80. The molecule has 0 spiro atoms. The van der Waals surface area contributed by atoms with Crippen LogP contribution in [0.25, 0.3) is 5.82 Å². The highest BCUT2D eigenvalue weighted by Gasteiger charge is 2.54. The summed E-state index contributed by atoms with van der Waals surface area (Å²) in [5, 5.41) is 13.8. The fourth-order valence-corrected chi connectivity index (χ4v) is 3.86. The van der Waals surface area contributed by atoms with Gasteiger partial charge in [-0.25, -0.2) is 14.5 Å². The Bertz CT molecular complexity index is 770. The van der Waals surface area contributed by atoms with Crippen LogP contribution in [0, 0.1) is 14.9 Å². The van der Waals surface area contributed by atoms with Gasteiger partial charge >= 0.3 is 5.97 Å². The molecule has 1 saturated carbocycles. The fraction of sp³-hybridized carbons (Fsp3) is 0.400. The molecule has 4 rings (SSSR count). The maximum atomic E-state index is 11.5. The minimum atomic E-state index is -0.945. The minimum absolute atomic E-state index is 0.194. The van der Waals surface area contributed by atoms with Crippen LogP contribution in [-0.4, -0.2) is 25.8 Å². The molecule has 0 radical (unpaired) electrons. The monoisotopic (exact) mass is 395 g/mol. The van der Waals surface area contributed by atoms with Crippen molar-refractivity contribution in [2.45, 2.75) is 26.2 Å². The number of aromatic carboxylic acids is 1. The summed E-state index contributed by atoms with van der Waals surface area (Å²) in [4.78, 5) is 15.8. The van der Waals surface area contributed by atoms with Crippen LogP contribution in [0.5, 0.6) is 0 Å². The predicted molar refractivity (Wildman–Crippen MR) is 84.7 cm³/mol. The molecule has 0 amide bonds. The first-order valence-electron chi connectivity index (χ1n) is 6.94. The van der Waals surface area contributed by atoms with Gasteiger partial charge in [0, 0.05) is 15.3 Å². The Morgan fingerprint density at radius 2 is 2.38 bits per heavy atom. The van der Waals surface area contributed by atoms with Gasteiger partial charge in [-0.15, -0.1) is 0 Å². The second kappa shape index (κ2) is 4.28. The molecular weight excluding hydrogens is 381 g/mol. The van der Waals surface area contributed by atoms with Crippen LogP contribution >= 0.6 is 22.6 Å². The van der Waals surface area contributed by atoms with Crippen LogP contribution in [0.4, 0.5) is 0 Å². The van der Waals surface area contributed by atoms with Gasteiger partial charge in [0.25, 0.3) is 0 Å². The third-order valence-electron chi connectivity index (χ3n) is 4.78. The van der Waals surface area contributed by atoms with Crippen molar-refractivity contribution in [1.82, 2.24) is 14.8 Å². The SMILES string of the molecule is CC12Cc3c(c(C(=O)O)nn3-c3cc(I)ccn3)C[C@H]1C2. The topological polar surface area (TPSA) is 68.0 Å². The molecule has 1 N–H and O–H groups in total. The average Bonchev–Trinajstić information content (AvgIpc) is 2.94. The number of hydrogen-bond acceptors (Lipinski definition) is 3. The summed E-state index contributed by atoms with van der Waals surface area (Å²) in [6.07, 6.45) is 4.63. The largest absolute Gasteiger partial charge is 0.476 e. The second-order valence-corrected chi connectivity index (χ2v) is 7.50. The van der Waals surface area contributed by atoms with Crippen molar-refractivity contribution in [1.29, 1.82) is 0 Å². The molecule has 0 aliphatic heterocycles. The summed E-state index contributed by atoms with van der Waals surface area (Å²) in [6, 6.07) is 3.84. The lowest BCUT2D eigenvalue weighted by Crippen LogP contribution is -2.17. The van der Waals surface area contributed by atoms with Gasteiger partial charge in [-0.1, -0.05) is 6.92 Å². The number of fused-ring (bicyclic) bond motifs is 2. The number of nitrogens with zero attached hydrogens (tertiary/aromatic N) is 3. The van der Waals surface area contributed by atoms with E-state index in [-0.39, 0.29) is 5.69 Å². The van der Waals surface area contributed by atoms with E-state index < -0.39 is 5.97 Å². The highest BCUT2D eigenvalue weighted by atomic mass is 127. The van der Waals surface area contributed by atoms with Crippen molar-refractivity contribution in [3.8, 4) is 5.82 Å². The van der Waals surface area contributed by atoms with Crippen LogP contribution in [-0.2, 0) is 12.8 Å². The van der Waals surface area contributed by atoms with Gasteiger partial charge in [0.05, 0.1) is 5.69 Å². The number of halogens is 1. The number of hydrogen-bond donors (Lipinski definition) is 1. The van der Waals surface area contributed by atoms with Crippen LogP contribution in [0.1, 0.15) is 35.1 Å². The molecule has 0 saturated heterocycles. The zero-order chi connectivity index (χ0) is 14.8. The zero-order valence-corrected chi connectivity index (χ0v) is 13.7. The zero-order valence-electron chi connectivity index (χ0n) is 11.5. The van der Waals surface area contributed by atoms with Crippen LogP contribution in [0.15, 0.2) is 18.3 Å². The Hall–Kier alpha value is -1.44. The standard InChI is InChI=1S/C15H14IN3O2/c1-15-6-8(15)4-10-11(7-15)19(18-13(10)14(20)21)12-5-9(16)2-3-17-12/h2-3,5,8H,4,6-7H2,1H3,(H,20,21)/t8-,15?/m0/s1. The van der Waals surface area contributed by atoms with E-state index in [1.165, 1.54) is 6.42 Å². The molecule has 2 aliphatic carbocycles. The number of carboxylic acids is 1. The molecule has 6 heteroatoms. The molecule has 2 heterocycles. The van der Waals surface area contributed by atoms with E-state index in [4.69, 9.17) is 0 Å². The van der Waals surface area contributed by atoms with Crippen LogP contribution < -0.4 is 0 Å². The van der Waals surface area contributed by atoms with Crippen molar-refractivity contribution in [2.75, 3.05) is 0 Å². The van der Waals surface area contributed by atoms with Gasteiger partial charge < -0.3 is 5.11 Å². The summed E-state index contributed by atoms with van der Waals surface area (Å²) in [7, 11) is 0. The van der Waals surface area contributed by atoms with E-state index in [1.54, 1.807) is 10.9 Å². The first-order valence-corrected chi connectivity index (χ1v) is 8.02. The minimum Gasteiger partial charge on any atom is -0.476 e. The fourth-order valence-electron chi connectivity index (χ4n) is 3.42. The molecule has 0 bridgehead atoms. The van der Waals surface area contributed by atoms with Crippen molar-refractivity contribution in [3.63, 3.8) is 0 Å². The van der Waals surface area contributed by atoms with Crippen LogP contribution in [0.3, 0.4) is 0 Å². The molecule has 5 nitrogen and oxygen atoms in total. The molecule has 1 unspecified atom stereocenters. The Balaban J connectivity index is 1.90. The lowest BCUT2D eigenvalue weighted by atomic mass is 9.87. The van der Waals surface area contributed by atoms with E-state index in [9.17, 15) is 9.90 Å². The molecule has 21 heavy (non-hydrogen) atoms. The highest BCUT2D eigenvalue weighted by Crippen LogP contribution is 2.59. The van der Waals surface area contributed by atoms with Gasteiger partial charge in [0.1, 0.15) is 0 Å². The smallest absolute Gasteiger partial charge is 0.356 e. The van der Waals surface area contributed by atoms with E-state index in [0.717, 1.165) is 27.7 Å². The average molecular weight is 395 g/mol. The molecule has 1 fully saturated rings. The summed E-state index contributed by atoms with van der Waals surface area (Å²) >= 11 is 2.23. The van der Waals surface area contributed by atoms with Crippen molar-refractivity contribution < 1.29 is 9.90 Å². The number of carboxylic acid groups (broad SMARTS) is 1. The van der Waals surface area contributed by atoms with Crippen molar-refractivity contribution in [2.24, 2.45) is 11.3 Å². The maximum absolute atomic E-state index is 11.5. The molecule has 2 aromatic heterocycles. The quantitative estimate of drug-likeness (QED) is 0.795. The Kier molecular flexibility index (Phi) is 2.70. The van der Waals surface area contributed by atoms with E-state index in [1.807, 2.05) is 12.1 Å². The number of aromatic nitrogens is 3. The van der Waals surface area contributed by atoms with E-state index in [0.29, 0.717) is 17.2 Å². The van der Waals surface area contributed by atoms with Gasteiger partial charge in [0.2, 0.25) is 0 Å². The molecule has 2 aliphatic rings. The number of pyridine rings is 1. The number of carbonyl (C=O) groups is 1. The lowest BCUT2D eigenvalue weighted by Gasteiger charge is -2.19. The predicted octanol–water partition coefficient (Wildman–Crippen LogP) is 2.69. The third kappa shape index (κ3) is 1.99. The Morgan fingerprint density at radius 1 is 1.57 bits per heavy atom. The summed E-state index contributed by atoms with van der Waals surface area (Å²) in [5.41, 5.74) is 2.45. The molecule has 0 aromatic carbocycles. The first kappa shape index (κ1) is 13.2. The van der Waals surface area contributed by atoms with Gasteiger partial charge in [-0.2, -0.15) is 5.10 Å². The summed E-state index contributed by atoms with van der Waals surface area (Å²) in [6.45, 7) is 2.28.